The topological polar surface area (TPSA) is 110 Å². The van der Waals surface area contributed by atoms with Crippen LogP contribution in [0.4, 0.5) is 24.9 Å². The van der Waals surface area contributed by atoms with Gasteiger partial charge in [-0.1, -0.05) is 11.3 Å². The number of fused-ring (bicyclic) bond motifs is 1. The van der Waals surface area contributed by atoms with E-state index in [0.717, 1.165) is 5.39 Å². The maximum atomic E-state index is 12.7. The molecule has 2 N–H and O–H groups in total. The number of rotatable bonds is 5. The molecule has 0 atom stereocenters. The number of nitrogens with zero attached hydrogens (tertiary/aromatic N) is 4. The van der Waals surface area contributed by atoms with Crippen LogP contribution in [0.1, 0.15) is 22.9 Å². The highest BCUT2D eigenvalue weighted by Gasteiger charge is 2.35. The predicted molar refractivity (Wildman–Crippen MR) is 105 cm³/mol. The highest BCUT2D eigenvalue weighted by atomic mass is 32.2. The Morgan fingerprint density at radius 2 is 1.93 bits per heavy atom. The van der Waals surface area contributed by atoms with Crippen molar-refractivity contribution in [1.82, 2.24) is 20.2 Å². The lowest BCUT2D eigenvalue weighted by molar-refractivity contribution is -0.138. The van der Waals surface area contributed by atoms with Crippen LogP contribution in [-0.2, 0) is 22.6 Å². The summed E-state index contributed by atoms with van der Waals surface area (Å²) in [6.45, 7) is 0.0385. The molecule has 14 heteroatoms. The van der Waals surface area contributed by atoms with Crippen molar-refractivity contribution in [3.63, 3.8) is 0 Å². The van der Waals surface area contributed by atoms with Gasteiger partial charge in [-0.05, 0) is 24.3 Å². The second-order valence-corrected chi connectivity index (χ2v) is 10.7. The van der Waals surface area contributed by atoms with Gasteiger partial charge in [-0.3, -0.25) is 0 Å². The van der Waals surface area contributed by atoms with E-state index in [-0.39, 0.29) is 29.1 Å². The minimum absolute atomic E-state index is 0.0385. The summed E-state index contributed by atoms with van der Waals surface area (Å²) < 4.78 is 61.2. The van der Waals surface area contributed by atoms with Crippen LogP contribution in [0.5, 0.6) is 0 Å². The van der Waals surface area contributed by atoms with Crippen molar-refractivity contribution < 1.29 is 21.6 Å². The number of aromatic nitrogens is 4. The molecular formula is C15H15F3N6O2S3. The SMILES string of the molecule is O=S1(=O)CCC(Nc2nc(NCc3nnc(C(F)(F)F)s3)c3ccsc3n2)CC1. The number of thiophene rings is 1. The van der Waals surface area contributed by atoms with Gasteiger partial charge in [-0.15, -0.1) is 21.5 Å². The number of halogens is 3. The van der Waals surface area contributed by atoms with Crippen molar-refractivity contribution in [2.45, 2.75) is 31.6 Å². The summed E-state index contributed by atoms with van der Waals surface area (Å²) in [5, 5.41) is 14.7. The monoisotopic (exact) mass is 464 g/mol. The summed E-state index contributed by atoms with van der Waals surface area (Å²) in [4.78, 5) is 9.59. The van der Waals surface area contributed by atoms with Gasteiger partial charge >= 0.3 is 6.18 Å². The van der Waals surface area contributed by atoms with Gasteiger partial charge < -0.3 is 10.6 Å². The van der Waals surface area contributed by atoms with Gasteiger partial charge in [0.25, 0.3) is 0 Å². The van der Waals surface area contributed by atoms with Crippen molar-refractivity contribution in [3.05, 3.63) is 21.5 Å². The molecule has 0 unspecified atom stereocenters. The first kappa shape index (κ1) is 20.2. The van der Waals surface area contributed by atoms with Crippen LogP contribution >= 0.6 is 22.7 Å². The molecule has 29 heavy (non-hydrogen) atoms. The average Bonchev–Trinajstić information content (AvgIpc) is 3.30. The number of alkyl halides is 3. The minimum atomic E-state index is -4.52. The molecule has 4 heterocycles. The van der Waals surface area contributed by atoms with E-state index < -0.39 is 21.0 Å². The molecule has 4 rings (SSSR count). The molecular weight excluding hydrogens is 449 g/mol. The molecule has 1 saturated heterocycles. The van der Waals surface area contributed by atoms with E-state index in [4.69, 9.17) is 0 Å². The molecule has 1 aliphatic rings. The van der Waals surface area contributed by atoms with Crippen LogP contribution in [-0.4, -0.2) is 46.1 Å². The van der Waals surface area contributed by atoms with E-state index in [1.54, 1.807) is 0 Å². The third-order valence-corrected chi connectivity index (χ3v) is 7.82. The Balaban J connectivity index is 1.50. The normalized spacial score (nSPS) is 17.5. The van der Waals surface area contributed by atoms with Crippen LogP contribution in [0.25, 0.3) is 10.2 Å². The number of nitrogens with one attached hydrogen (secondary N) is 2. The first-order valence-electron chi connectivity index (χ1n) is 8.55. The Morgan fingerprint density at radius 3 is 2.62 bits per heavy atom. The fourth-order valence-electron chi connectivity index (χ4n) is 2.87. The molecule has 0 spiro atoms. The number of sulfone groups is 1. The van der Waals surface area contributed by atoms with Crippen LogP contribution in [0.3, 0.4) is 0 Å². The maximum absolute atomic E-state index is 12.7. The molecule has 0 aliphatic carbocycles. The second kappa shape index (κ2) is 7.65. The summed E-state index contributed by atoms with van der Waals surface area (Å²) in [7, 11) is -2.97. The zero-order valence-corrected chi connectivity index (χ0v) is 17.2. The fourth-order valence-corrected chi connectivity index (χ4v) is 5.77. The third kappa shape index (κ3) is 4.75. The quantitative estimate of drug-likeness (QED) is 0.593. The summed E-state index contributed by atoms with van der Waals surface area (Å²) >= 11 is 1.88. The number of hydrogen-bond acceptors (Lipinski definition) is 10. The summed E-state index contributed by atoms with van der Waals surface area (Å²) in [6.07, 6.45) is -3.57. The molecule has 0 saturated carbocycles. The molecule has 1 fully saturated rings. The van der Waals surface area contributed by atoms with Gasteiger partial charge in [0, 0.05) is 6.04 Å². The Hall–Kier alpha value is -2.06. The molecule has 3 aromatic heterocycles. The Morgan fingerprint density at radius 1 is 1.17 bits per heavy atom. The lowest BCUT2D eigenvalue weighted by Crippen LogP contribution is -2.32. The number of anilines is 2. The Labute approximate surface area is 171 Å². The Kier molecular flexibility index (Phi) is 5.33. The maximum Gasteiger partial charge on any atom is 0.445 e. The lowest BCUT2D eigenvalue weighted by atomic mass is 10.2. The van der Waals surface area contributed by atoms with Gasteiger partial charge in [0.1, 0.15) is 25.5 Å². The van der Waals surface area contributed by atoms with E-state index in [1.165, 1.54) is 11.3 Å². The first-order valence-corrected chi connectivity index (χ1v) is 12.1. The molecule has 0 radical (unpaired) electrons. The molecule has 0 bridgehead atoms. The smallest absolute Gasteiger partial charge is 0.363 e. The van der Waals surface area contributed by atoms with E-state index in [1.807, 2.05) is 11.4 Å². The minimum Gasteiger partial charge on any atom is -0.363 e. The van der Waals surface area contributed by atoms with Crippen molar-refractivity contribution in [3.8, 4) is 0 Å². The highest BCUT2D eigenvalue weighted by molar-refractivity contribution is 7.91. The van der Waals surface area contributed by atoms with E-state index in [2.05, 4.69) is 30.8 Å². The van der Waals surface area contributed by atoms with Crippen molar-refractivity contribution >= 4 is 54.5 Å². The van der Waals surface area contributed by atoms with E-state index in [0.29, 0.717) is 40.8 Å². The standard InChI is InChI=1S/C15H15F3N6O2S3/c16-15(17,18)13-24-23-10(28-13)7-19-11-9-1-4-27-12(9)22-14(21-11)20-8-2-5-29(25,26)6-3-8/h1,4,8H,2-3,5-7H2,(H2,19,20,21,22). The van der Waals surface area contributed by atoms with E-state index >= 15 is 0 Å². The molecule has 0 aromatic carbocycles. The van der Waals surface area contributed by atoms with Crippen molar-refractivity contribution in [1.29, 1.82) is 0 Å². The second-order valence-electron chi connectivity index (χ2n) is 6.46. The van der Waals surface area contributed by atoms with Gasteiger partial charge in [0.15, 0.2) is 0 Å². The molecule has 1 aliphatic heterocycles. The van der Waals surface area contributed by atoms with Gasteiger partial charge in [-0.25, -0.2) is 13.4 Å². The molecule has 0 amide bonds. The zero-order chi connectivity index (χ0) is 20.6. The van der Waals surface area contributed by atoms with Gasteiger partial charge in [0.05, 0.1) is 23.4 Å². The van der Waals surface area contributed by atoms with Crippen LogP contribution in [0.15, 0.2) is 11.4 Å². The molecule has 8 nitrogen and oxygen atoms in total. The summed E-state index contributed by atoms with van der Waals surface area (Å²) in [5.41, 5.74) is 0. The summed E-state index contributed by atoms with van der Waals surface area (Å²) in [5.74, 6) is 1.05. The number of hydrogen-bond donors (Lipinski definition) is 2. The Bertz CT molecular complexity index is 1110. The average molecular weight is 465 g/mol. The van der Waals surface area contributed by atoms with Crippen LogP contribution < -0.4 is 10.6 Å². The molecule has 156 valence electrons. The van der Waals surface area contributed by atoms with Crippen LogP contribution in [0, 0.1) is 0 Å². The van der Waals surface area contributed by atoms with Crippen molar-refractivity contribution in [2.24, 2.45) is 0 Å². The predicted octanol–water partition coefficient (Wildman–Crippen LogP) is 3.16. The van der Waals surface area contributed by atoms with Crippen molar-refractivity contribution in [2.75, 3.05) is 22.1 Å². The molecule has 3 aromatic rings. The highest BCUT2D eigenvalue weighted by Crippen LogP contribution is 2.32. The lowest BCUT2D eigenvalue weighted by Gasteiger charge is -2.23. The first-order chi connectivity index (χ1) is 13.7. The zero-order valence-electron chi connectivity index (χ0n) is 14.7. The van der Waals surface area contributed by atoms with Crippen LogP contribution in [0.2, 0.25) is 0 Å². The summed E-state index contributed by atoms with van der Waals surface area (Å²) in [6, 6.07) is 1.77. The fraction of sp³-hybridized carbons (Fsp3) is 0.467. The largest absolute Gasteiger partial charge is 0.445 e. The van der Waals surface area contributed by atoms with E-state index in [9.17, 15) is 21.6 Å². The van der Waals surface area contributed by atoms with Gasteiger partial charge in [-0.2, -0.15) is 18.2 Å². The van der Waals surface area contributed by atoms with Gasteiger partial charge in [0.2, 0.25) is 11.0 Å². The third-order valence-electron chi connectivity index (χ3n) is 4.33.